The predicted octanol–water partition coefficient (Wildman–Crippen LogP) is 0.532. The molecule has 0 aromatic heterocycles. The third-order valence-corrected chi connectivity index (χ3v) is 4.06. The van der Waals surface area contributed by atoms with Gasteiger partial charge in [-0.3, -0.25) is 0 Å². The van der Waals surface area contributed by atoms with E-state index in [4.69, 9.17) is 9.47 Å². The Balaban J connectivity index is 1.71. The fraction of sp³-hybridized carbons (Fsp3) is 0.333. The molecule has 0 amide bonds. The van der Waals surface area contributed by atoms with Crippen LogP contribution in [-0.4, -0.2) is 57.7 Å². The van der Waals surface area contributed by atoms with Crippen molar-refractivity contribution in [2.24, 2.45) is 0 Å². The van der Waals surface area contributed by atoms with Crippen molar-refractivity contribution in [2.75, 3.05) is 6.61 Å². The maximum atomic E-state index is 9.97. The van der Waals surface area contributed by atoms with Crippen LogP contribution < -0.4 is 4.74 Å². The molecule has 0 saturated carbocycles. The summed E-state index contributed by atoms with van der Waals surface area (Å²) in [7, 11) is 0. The lowest BCUT2D eigenvalue weighted by Gasteiger charge is -2.39. The molecule has 24 heavy (non-hydrogen) atoms. The Hall–Kier alpha value is -1.96. The van der Waals surface area contributed by atoms with Crippen molar-refractivity contribution in [2.45, 2.75) is 30.7 Å². The fourth-order valence-corrected chi connectivity index (χ4v) is 2.66. The van der Waals surface area contributed by atoms with E-state index in [0.717, 1.165) is 11.1 Å². The van der Waals surface area contributed by atoms with Crippen LogP contribution in [0.5, 0.6) is 5.75 Å². The van der Waals surface area contributed by atoms with E-state index in [2.05, 4.69) is 0 Å². The van der Waals surface area contributed by atoms with Crippen molar-refractivity contribution >= 4 is 0 Å². The standard InChI is InChI=1S/C18H20O6/c19-10-14-15(20)16(21)17(22)18(24-14)23-13-8-6-12(7-9-13)11-4-2-1-3-5-11/h1-9,14-22H,10H2/t14-,15+,16+,17-,18-/m1/s1. The van der Waals surface area contributed by atoms with Crippen LogP contribution in [-0.2, 0) is 4.74 Å². The molecule has 2 aromatic rings. The Morgan fingerprint density at radius 3 is 2.04 bits per heavy atom. The van der Waals surface area contributed by atoms with Crippen molar-refractivity contribution < 1.29 is 29.9 Å². The van der Waals surface area contributed by atoms with Gasteiger partial charge in [0, 0.05) is 0 Å². The van der Waals surface area contributed by atoms with E-state index in [1.165, 1.54) is 0 Å². The molecule has 0 aliphatic carbocycles. The minimum atomic E-state index is -1.45. The first-order chi connectivity index (χ1) is 11.6. The fourth-order valence-electron chi connectivity index (χ4n) is 2.66. The molecular formula is C18H20O6. The van der Waals surface area contributed by atoms with Crippen molar-refractivity contribution in [3.8, 4) is 16.9 Å². The molecule has 6 nitrogen and oxygen atoms in total. The number of aliphatic hydroxyl groups excluding tert-OH is 4. The molecule has 1 heterocycles. The molecule has 4 N–H and O–H groups in total. The third kappa shape index (κ3) is 3.43. The van der Waals surface area contributed by atoms with Gasteiger partial charge in [0.25, 0.3) is 0 Å². The summed E-state index contributed by atoms with van der Waals surface area (Å²) in [6.07, 6.45) is -6.44. The summed E-state index contributed by atoms with van der Waals surface area (Å²) in [6, 6.07) is 17.0. The van der Waals surface area contributed by atoms with E-state index < -0.39 is 37.3 Å². The molecule has 0 radical (unpaired) electrons. The van der Waals surface area contributed by atoms with Gasteiger partial charge in [0.05, 0.1) is 6.61 Å². The smallest absolute Gasteiger partial charge is 0.229 e. The van der Waals surface area contributed by atoms with Gasteiger partial charge >= 0.3 is 0 Å². The highest BCUT2D eigenvalue weighted by atomic mass is 16.7. The van der Waals surface area contributed by atoms with Gasteiger partial charge in [-0.2, -0.15) is 0 Å². The highest BCUT2D eigenvalue weighted by Gasteiger charge is 2.44. The first kappa shape index (κ1) is 16.9. The molecule has 2 aromatic carbocycles. The molecule has 1 fully saturated rings. The molecular weight excluding hydrogens is 312 g/mol. The van der Waals surface area contributed by atoms with Gasteiger partial charge in [-0.05, 0) is 23.3 Å². The van der Waals surface area contributed by atoms with Crippen LogP contribution in [0.15, 0.2) is 54.6 Å². The third-order valence-electron chi connectivity index (χ3n) is 4.06. The van der Waals surface area contributed by atoms with Crippen molar-refractivity contribution in [3.63, 3.8) is 0 Å². The molecule has 0 unspecified atom stereocenters. The number of hydrogen-bond donors (Lipinski definition) is 4. The van der Waals surface area contributed by atoms with E-state index in [0.29, 0.717) is 5.75 Å². The molecule has 3 rings (SSSR count). The zero-order valence-electron chi connectivity index (χ0n) is 12.9. The highest BCUT2D eigenvalue weighted by Crippen LogP contribution is 2.26. The average molecular weight is 332 g/mol. The summed E-state index contributed by atoms with van der Waals surface area (Å²) in [4.78, 5) is 0. The Kier molecular flexibility index (Phi) is 5.13. The second kappa shape index (κ2) is 7.29. The number of rotatable bonds is 4. The van der Waals surface area contributed by atoms with E-state index >= 15 is 0 Å². The molecule has 128 valence electrons. The molecule has 1 aliphatic rings. The molecule has 5 atom stereocenters. The number of hydrogen-bond acceptors (Lipinski definition) is 6. The molecule has 6 heteroatoms. The Morgan fingerprint density at radius 2 is 1.42 bits per heavy atom. The Morgan fingerprint density at radius 1 is 0.792 bits per heavy atom. The lowest BCUT2D eigenvalue weighted by Crippen LogP contribution is -2.60. The van der Waals surface area contributed by atoms with E-state index in [9.17, 15) is 20.4 Å². The second-order valence-electron chi connectivity index (χ2n) is 5.71. The van der Waals surface area contributed by atoms with Gasteiger partial charge in [-0.25, -0.2) is 0 Å². The first-order valence-corrected chi connectivity index (χ1v) is 7.73. The van der Waals surface area contributed by atoms with Crippen LogP contribution >= 0.6 is 0 Å². The monoisotopic (exact) mass is 332 g/mol. The van der Waals surface area contributed by atoms with Crippen LogP contribution in [0.3, 0.4) is 0 Å². The van der Waals surface area contributed by atoms with Crippen LogP contribution in [0.2, 0.25) is 0 Å². The van der Waals surface area contributed by atoms with E-state index in [1.807, 2.05) is 42.5 Å². The quantitative estimate of drug-likeness (QED) is 0.652. The maximum absolute atomic E-state index is 9.97. The zero-order valence-corrected chi connectivity index (χ0v) is 12.9. The lowest BCUT2D eigenvalue weighted by atomic mass is 9.99. The minimum absolute atomic E-state index is 0.444. The van der Waals surface area contributed by atoms with Gasteiger partial charge in [-0.1, -0.05) is 42.5 Å². The number of aliphatic hydroxyl groups is 4. The van der Waals surface area contributed by atoms with Crippen LogP contribution in [0.4, 0.5) is 0 Å². The van der Waals surface area contributed by atoms with Crippen molar-refractivity contribution in [1.29, 1.82) is 0 Å². The lowest BCUT2D eigenvalue weighted by molar-refractivity contribution is -0.277. The van der Waals surface area contributed by atoms with Crippen molar-refractivity contribution in [1.82, 2.24) is 0 Å². The molecule has 1 aliphatic heterocycles. The summed E-state index contributed by atoms with van der Waals surface area (Å²) in [5.41, 5.74) is 2.08. The van der Waals surface area contributed by atoms with Crippen molar-refractivity contribution in [3.05, 3.63) is 54.6 Å². The van der Waals surface area contributed by atoms with Gasteiger partial charge in [-0.15, -0.1) is 0 Å². The number of ether oxygens (including phenoxy) is 2. The largest absolute Gasteiger partial charge is 0.462 e. The van der Waals surface area contributed by atoms with Gasteiger partial charge in [0.15, 0.2) is 0 Å². The number of benzene rings is 2. The Labute approximate surface area is 139 Å². The van der Waals surface area contributed by atoms with E-state index in [-0.39, 0.29) is 0 Å². The summed E-state index contributed by atoms with van der Waals surface area (Å²) in [5, 5.41) is 38.7. The predicted molar refractivity (Wildman–Crippen MR) is 86.3 cm³/mol. The topological polar surface area (TPSA) is 99.4 Å². The highest BCUT2D eigenvalue weighted by molar-refractivity contribution is 5.63. The molecule has 0 bridgehead atoms. The second-order valence-corrected chi connectivity index (χ2v) is 5.71. The minimum Gasteiger partial charge on any atom is -0.462 e. The maximum Gasteiger partial charge on any atom is 0.229 e. The zero-order chi connectivity index (χ0) is 17.1. The first-order valence-electron chi connectivity index (χ1n) is 7.73. The summed E-state index contributed by atoms with van der Waals surface area (Å²) >= 11 is 0. The normalized spacial score (nSPS) is 30.1. The summed E-state index contributed by atoms with van der Waals surface area (Å²) in [5.74, 6) is 0.444. The Bertz CT molecular complexity index is 642. The van der Waals surface area contributed by atoms with Crippen LogP contribution in [0, 0.1) is 0 Å². The molecule has 1 saturated heterocycles. The van der Waals surface area contributed by atoms with Crippen LogP contribution in [0.25, 0.3) is 11.1 Å². The van der Waals surface area contributed by atoms with Gasteiger partial charge in [0.1, 0.15) is 30.2 Å². The average Bonchev–Trinajstić information content (AvgIpc) is 2.63. The summed E-state index contributed by atoms with van der Waals surface area (Å²) < 4.78 is 10.9. The molecule has 0 spiro atoms. The van der Waals surface area contributed by atoms with Crippen LogP contribution in [0.1, 0.15) is 0 Å². The SMILES string of the molecule is OC[C@H]1O[C@@H](Oc2ccc(-c3ccccc3)cc2)[C@H](O)[C@@H](O)[C@H]1O. The van der Waals surface area contributed by atoms with Gasteiger partial charge in [0.2, 0.25) is 6.29 Å². The van der Waals surface area contributed by atoms with E-state index in [1.54, 1.807) is 12.1 Å². The summed E-state index contributed by atoms with van der Waals surface area (Å²) in [6.45, 7) is -0.488. The van der Waals surface area contributed by atoms with Gasteiger partial charge < -0.3 is 29.9 Å².